The molecule has 1 saturated carbocycles. The average Bonchev–Trinajstić information content (AvgIpc) is 2.83. The molecular weight excluding hydrogens is 214 g/mol. The summed E-state index contributed by atoms with van der Waals surface area (Å²) < 4.78 is 10.7. The maximum absolute atomic E-state index is 5.92. The minimum absolute atomic E-state index is 0.110. The van der Waals surface area contributed by atoms with Crippen molar-refractivity contribution >= 4 is 0 Å². The van der Waals surface area contributed by atoms with Crippen molar-refractivity contribution < 1.29 is 9.47 Å². The molecular formula is C14H19NO2. The second-order valence-corrected chi connectivity index (χ2v) is 5.10. The minimum atomic E-state index is 0.110. The van der Waals surface area contributed by atoms with E-state index in [1.807, 2.05) is 0 Å². The Kier molecular flexibility index (Phi) is 2.90. The lowest BCUT2D eigenvalue weighted by Crippen LogP contribution is -2.41. The smallest absolute Gasteiger partial charge is 0.147 e. The Hall–Kier alpha value is -0.900. The van der Waals surface area contributed by atoms with Gasteiger partial charge in [0.05, 0.1) is 6.61 Å². The van der Waals surface area contributed by atoms with Gasteiger partial charge in [-0.3, -0.25) is 0 Å². The first-order valence-corrected chi connectivity index (χ1v) is 6.34. The van der Waals surface area contributed by atoms with Gasteiger partial charge in [-0.25, -0.2) is 0 Å². The summed E-state index contributed by atoms with van der Waals surface area (Å²) in [6.07, 6.45) is 3.87. The highest BCUT2D eigenvalue weighted by Crippen LogP contribution is 2.43. The van der Waals surface area contributed by atoms with Gasteiger partial charge in [0.25, 0.3) is 0 Å². The summed E-state index contributed by atoms with van der Waals surface area (Å²) >= 11 is 0. The van der Waals surface area contributed by atoms with Crippen LogP contribution in [0.15, 0.2) is 24.3 Å². The standard InChI is InChI=1S/C14H19NO2/c15-9-14(6-1-7-14)12-4-2-11(3-5-12)13-8-16-10-17-13/h2-5,13H,1,6-10,15H2. The van der Waals surface area contributed by atoms with Crippen molar-refractivity contribution in [1.29, 1.82) is 0 Å². The SMILES string of the molecule is NCC1(c2ccc(C3COCO3)cc2)CCC1. The Morgan fingerprint density at radius 1 is 1.24 bits per heavy atom. The fraction of sp³-hybridized carbons (Fsp3) is 0.571. The second kappa shape index (κ2) is 4.41. The predicted octanol–water partition coefficient (Wildman–Crippen LogP) is 2.11. The number of benzene rings is 1. The molecule has 1 atom stereocenters. The van der Waals surface area contributed by atoms with E-state index in [4.69, 9.17) is 15.2 Å². The lowest BCUT2D eigenvalue weighted by molar-refractivity contribution is 0.0466. The predicted molar refractivity (Wildman–Crippen MR) is 65.7 cm³/mol. The average molecular weight is 233 g/mol. The van der Waals surface area contributed by atoms with Crippen LogP contribution in [0, 0.1) is 0 Å². The van der Waals surface area contributed by atoms with Crippen LogP contribution < -0.4 is 5.73 Å². The van der Waals surface area contributed by atoms with E-state index in [2.05, 4.69) is 24.3 Å². The van der Waals surface area contributed by atoms with Crippen molar-refractivity contribution in [3.63, 3.8) is 0 Å². The normalized spacial score (nSPS) is 26.8. The van der Waals surface area contributed by atoms with Gasteiger partial charge in [0.15, 0.2) is 0 Å². The van der Waals surface area contributed by atoms with Crippen LogP contribution in [0.25, 0.3) is 0 Å². The number of hydrogen-bond donors (Lipinski definition) is 1. The Morgan fingerprint density at radius 3 is 2.47 bits per heavy atom. The van der Waals surface area contributed by atoms with Gasteiger partial charge in [0.1, 0.15) is 12.9 Å². The molecule has 3 nitrogen and oxygen atoms in total. The van der Waals surface area contributed by atoms with Gasteiger partial charge in [-0.15, -0.1) is 0 Å². The van der Waals surface area contributed by atoms with E-state index in [1.54, 1.807) is 0 Å². The lowest BCUT2D eigenvalue weighted by atomic mass is 9.64. The molecule has 3 rings (SSSR count). The zero-order valence-electron chi connectivity index (χ0n) is 10.0. The molecule has 0 spiro atoms. The third-order valence-electron chi connectivity index (χ3n) is 4.22. The highest BCUT2D eigenvalue weighted by atomic mass is 16.7. The number of hydrogen-bond acceptors (Lipinski definition) is 3. The van der Waals surface area contributed by atoms with Crippen LogP contribution in [-0.2, 0) is 14.9 Å². The van der Waals surface area contributed by atoms with E-state index in [-0.39, 0.29) is 11.5 Å². The monoisotopic (exact) mass is 233 g/mol. The zero-order chi connectivity index (χ0) is 11.7. The number of ether oxygens (including phenoxy) is 2. The van der Waals surface area contributed by atoms with Gasteiger partial charge in [-0.05, 0) is 24.0 Å². The van der Waals surface area contributed by atoms with E-state index in [1.165, 1.54) is 30.4 Å². The fourth-order valence-electron chi connectivity index (χ4n) is 2.79. The molecule has 1 saturated heterocycles. The Bertz CT molecular complexity index is 372. The van der Waals surface area contributed by atoms with Crippen molar-refractivity contribution in [2.24, 2.45) is 5.73 Å². The number of nitrogens with two attached hydrogens (primary N) is 1. The molecule has 1 aliphatic heterocycles. The van der Waals surface area contributed by atoms with E-state index in [0.29, 0.717) is 13.4 Å². The van der Waals surface area contributed by atoms with Crippen LogP contribution in [0.1, 0.15) is 36.5 Å². The van der Waals surface area contributed by atoms with Gasteiger partial charge in [-0.1, -0.05) is 30.7 Å². The Labute approximate surface area is 102 Å². The van der Waals surface area contributed by atoms with Crippen LogP contribution in [-0.4, -0.2) is 19.9 Å². The largest absolute Gasteiger partial charge is 0.352 e. The summed E-state index contributed by atoms with van der Waals surface area (Å²) in [6, 6.07) is 8.74. The molecule has 2 fully saturated rings. The highest BCUT2D eigenvalue weighted by Gasteiger charge is 2.37. The molecule has 0 amide bonds. The van der Waals surface area contributed by atoms with Crippen molar-refractivity contribution in [3.8, 4) is 0 Å². The van der Waals surface area contributed by atoms with Crippen molar-refractivity contribution in [1.82, 2.24) is 0 Å². The van der Waals surface area contributed by atoms with Crippen LogP contribution >= 0.6 is 0 Å². The summed E-state index contributed by atoms with van der Waals surface area (Å²) in [5, 5.41) is 0. The van der Waals surface area contributed by atoms with Gasteiger partial charge < -0.3 is 15.2 Å². The molecule has 1 heterocycles. The third kappa shape index (κ3) is 1.88. The first-order chi connectivity index (χ1) is 8.34. The van der Waals surface area contributed by atoms with Crippen molar-refractivity contribution in [2.75, 3.05) is 19.9 Å². The lowest BCUT2D eigenvalue weighted by Gasteiger charge is -2.41. The van der Waals surface area contributed by atoms with Crippen LogP contribution in [0.5, 0.6) is 0 Å². The summed E-state index contributed by atoms with van der Waals surface area (Å²) in [5.41, 5.74) is 8.76. The molecule has 1 aromatic carbocycles. The first-order valence-electron chi connectivity index (χ1n) is 6.34. The summed E-state index contributed by atoms with van der Waals surface area (Å²) in [4.78, 5) is 0. The third-order valence-corrected chi connectivity index (χ3v) is 4.22. The van der Waals surface area contributed by atoms with Crippen molar-refractivity contribution in [2.45, 2.75) is 30.8 Å². The van der Waals surface area contributed by atoms with Gasteiger partial charge in [0.2, 0.25) is 0 Å². The van der Waals surface area contributed by atoms with E-state index >= 15 is 0 Å². The molecule has 0 bridgehead atoms. The minimum Gasteiger partial charge on any atom is -0.352 e. The molecule has 0 aromatic heterocycles. The summed E-state index contributed by atoms with van der Waals surface area (Å²) in [6.45, 7) is 1.84. The van der Waals surface area contributed by atoms with Gasteiger partial charge in [0, 0.05) is 12.0 Å². The maximum Gasteiger partial charge on any atom is 0.147 e. The van der Waals surface area contributed by atoms with Crippen molar-refractivity contribution in [3.05, 3.63) is 35.4 Å². The zero-order valence-corrected chi connectivity index (χ0v) is 10.0. The quantitative estimate of drug-likeness (QED) is 0.869. The Morgan fingerprint density at radius 2 is 2.00 bits per heavy atom. The first kappa shape index (κ1) is 11.2. The molecule has 17 heavy (non-hydrogen) atoms. The highest BCUT2D eigenvalue weighted by molar-refractivity contribution is 5.32. The topological polar surface area (TPSA) is 44.5 Å². The molecule has 1 unspecified atom stereocenters. The fourth-order valence-corrected chi connectivity index (χ4v) is 2.79. The molecule has 92 valence electrons. The van der Waals surface area contributed by atoms with Gasteiger partial charge in [-0.2, -0.15) is 0 Å². The summed E-state index contributed by atoms with van der Waals surface area (Å²) in [7, 11) is 0. The van der Waals surface area contributed by atoms with E-state index < -0.39 is 0 Å². The van der Waals surface area contributed by atoms with Crippen LogP contribution in [0.4, 0.5) is 0 Å². The Balaban J connectivity index is 1.79. The molecule has 1 aromatic rings. The number of rotatable bonds is 3. The van der Waals surface area contributed by atoms with Crippen LogP contribution in [0.3, 0.4) is 0 Å². The van der Waals surface area contributed by atoms with Gasteiger partial charge >= 0.3 is 0 Å². The summed E-state index contributed by atoms with van der Waals surface area (Å²) in [5.74, 6) is 0. The molecule has 1 aliphatic carbocycles. The van der Waals surface area contributed by atoms with E-state index in [0.717, 1.165) is 6.54 Å². The van der Waals surface area contributed by atoms with Crippen LogP contribution in [0.2, 0.25) is 0 Å². The molecule has 2 aliphatic rings. The second-order valence-electron chi connectivity index (χ2n) is 5.10. The molecule has 3 heteroatoms. The van der Waals surface area contributed by atoms with E-state index in [9.17, 15) is 0 Å². The maximum atomic E-state index is 5.92. The molecule has 2 N–H and O–H groups in total. The molecule has 0 radical (unpaired) electrons.